The van der Waals surface area contributed by atoms with Crippen molar-refractivity contribution in [2.45, 2.75) is 26.3 Å². The van der Waals surface area contributed by atoms with E-state index in [2.05, 4.69) is 53.3 Å². The Labute approximate surface area is 139 Å². The largest absolute Gasteiger partial charge is 0.394 e. The van der Waals surface area contributed by atoms with Gasteiger partial charge in [0, 0.05) is 10.2 Å². The molecule has 0 aliphatic rings. The average Bonchev–Trinajstić information content (AvgIpc) is 2.42. The second kappa shape index (κ2) is 6.39. The molecule has 0 amide bonds. The summed E-state index contributed by atoms with van der Waals surface area (Å²) in [6, 6.07) is 12.0. The highest BCUT2D eigenvalue weighted by Crippen LogP contribution is 2.31. The van der Waals surface area contributed by atoms with Gasteiger partial charge < -0.3 is 10.4 Å². The third kappa shape index (κ3) is 3.79. The number of hydrogen-bond acceptors (Lipinski definition) is 2. The first-order valence-corrected chi connectivity index (χ1v) is 7.94. The molecular weight excluding hydrogens is 350 g/mol. The van der Waals surface area contributed by atoms with Gasteiger partial charge in [-0.15, -0.1) is 0 Å². The van der Waals surface area contributed by atoms with E-state index in [1.807, 2.05) is 25.1 Å². The van der Waals surface area contributed by atoms with Gasteiger partial charge in [-0.05, 0) is 60.5 Å². The van der Waals surface area contributed by atoms with E-state index >= 15 is 0 Å². The number of aliphatic hydroxyl groups is 1. The Balaban J connectivity index is 2.38. The van der Waals surface area contributed by atoms with Crippen LogP contribution in [0, 0.1) is 13.8 Å². The molecule has 0 saturated heterocycles. The Morgan fingerprint density at radius 1 is 1.14 bits per heavy atom. The van der Waals surface area contributed by atoms with E-state index in [4.69, 9.17) is 11.6 Å². The monoisotopic (exact) mass is 367 g/mol. The third-order valence-electron chi connectivity index (χ3n) is 3.51. The molecule has 2 aromatic rings. The van der Waals surface area contributed by atoms with Gasteiger partial charge in [0.05, 0.1) is 17.2 Å². The molecule has 2 aromatic carbocycles. The van der Waals surface area contributed by atoms with Crippen molar-refractivity contribution >= 4 is 33.2 Å². The van der Waals surface area contributed by atoms with Crippen molar-refractivity contribution in [3.8, 4) is 0 Å². The van der Waals surface area contributed by atoms with E-state index in [9.17, 15) is 5.11 Å². The number of aliphatic hydroxyl groups excluding tert-OH is 1. The Morgan fingerprint density at radius 3 is 2.29 bits per heavy atom. The summed E-state index contributed by atoms with van der Waals surface area (Å²) in [5, 5.41) is 14.0. The van der Waals surface area contributed by atoms with Gasteiger partial charge in [0.2, 0.25) is 0 Å². The van der Waals surface area contributed by atoms with Gasteiger partial charge in [0.15, 0.2) is 0 Å². The van der Waals surface area contributed by atoms with Crippen LogP contribution in [0.3, 0.4) is 0 Å². The van der Waals surface area contributed by atoms with Crippen molar-refractivity contribution in [3.63, 3.8) is 0 Å². The van der Waals surface area contributed by atoms with Crippen LogP contribution >= 0.6 is 27.5 Å². The number of aryl methyl sites for hydroxylation is 2. The van der Waals surface area contributed by atoms with Crippen LogP contribution in [0.4, 0.5) is 5.69 Å². The summed E-state index contributed by atoms with van der Waals surface area (Å²) in [4.78, 5) is 0. The zero-order valence-electron chi connectivity index (χ0n) is 12.4. The Kier molecular flexibility index (Phi) is 4.97. The van der Waals surface area contributed by atoms with Crippen LogP contribution in [-0.4, -0.2) is 11.7 Å². The summed E-state index contributed by atoms with van der Waals surface area (Å²) >= 11 is 9.44. The number of halogens is 2. The Bertz CT molecular complexity index is 639. The molecule has 0 saturated carbocycles. The van der Waals surface area contributed by atoms with E-state index in [1.165, 1.54) is 11.1 Å². The third-order valence-corrected chi connectivity index (χ3v) is 4.73. The molecule has 0 bridgehead atoms. The first-order valence-electron chi connectivity index (χ1n) is 6.77. The van der Waals surface area contributed by atoms with E-state index in [-0.39, 0.29) is 6.61 Å². The molecular formula is C17H19BrClNO. The van der Waals surface area contributed by atoms with E-state index in [0.717, 1.165) is 15.7 Å². The molecule has 0 fully saturated rings. The SMILES string of the molecule is Cc1cc(C)cc(C(C)(CO)Nc2ccc(Cl)c(Br)c2)c1. The van der Waals surface area contributed by atoms with Crippen LogP contribution in [0.1, 0.15) is 23.6 Å². The number of anilines is 1. The van der Waals surface area contributed by atoms with Gasteiger partial charge >= 0.3 is 0 Å². The highest BCUT2D eigenvalue weighted by Gasteiger charge is 2.26. The minimum absolute atomic E-state index is 0.00383. The molecule has 2 N–H and O–H groups in total. The highest BCUT2D eigenvalue weighted by atomic mass is 79.9. The minimum Gasteiger partial charge on any atom is -0.394 e. The molecule has 21 heavy (non-hydrogen) atoms. The van der Waals surface area contributed by atoms with E-state index < -0.39 is 5.54 Å². The second-order valence-electron chi connectivity index (χ2n) is 5.62. The lowest BCUT2D eigenvalue weighted by atomic mass is 9.90. The Morgan fingerprint density at radius 2 is 1.76 bits per heavy atom. The van der Waals surface area contributed by atoms with Crippen LogP contribution in [-0.2, 0) is 5.54 Å². The van der Waals surface area contributed by atoms with Crippen molar-refractivity contribution in [2.24, 2.45) is 0 Å². The first-order chi connectivity index (χ1) is 9.84. The summed E-state index contributed by atoms with van der Waals surface area (Å²) in [5.41, 5.74) is 3.78. The van der Waals surface area contributed by atoms with Gasteiger partial charge in [0.25, 0.3) is 0 Å². The topological polar surface area (TPSA) is 32.3 Å². The molecule has 2 nitrogen and oxygen atoms in total. The molecule has 2 rings (SSSR count). The molecule has 1 unspecified atom stereocenters. The first kappa shape index (κ1) is 16.3. The summed E-state index contributed by atoms with van der Waals surface area (Å²) in [6.45, 7) is 6.11. The van der Waals surface area contributed by atoms with Crippen molar-refractivity contribution < 1.29 is 5.11 Å². The predicted octanol–water partition coefficient (Wildman–Crippen LogP) is 5.04. The molecule has 0 spiro atoms. The summed E-state index contributed by atoms with van der Waals surface area (Å²) in [7, 11) is 0. The molecule has 0 aliphatic carbocycles. The normalized spacial score (nSPS) is 13.8. The maximum atomic E-state index is 9.91. The lowest BCUT2D eigenvalue weighted by Gasteiger charge is -2.31. The fourth-order valence-electron chi connectivity index (χ4n) is 2.39. The van der Waals surface area contributed by atoms with E-state index in [0.29, 0.717) is 5.02 Å². The smallest absolute Gasteiger partial charge is 0.0828 e. The molecule has 0 radical (unpaired) electrons. The Hall–Kier alpha value is -1.03. The van der Waals surface area contributed by atoms with Gasteiger partial charge in [-0.1, -0.05) is 40.9 Å². The minimum atomic E-state index is -0.552. The molecule has 0 aliphatic heterocycles. The van der Waals surface area contributed by atoms with Crippen LogP contribution in [0.15, 0.2) is 40.9 Å². The number of rotatable bonds is 4. The van der Waals surface area contributed by atoms with Gasteiger partial charge in [-0.2, -0.15) is 0 Å². The number of benzene rings is 2. The van der Waals surface area contributed by atoms with Crippen molar-refractivity contribution in [3.05, 3.63) is 62.6 Å². The molecule has 0 aromatic heterocycles. The quantitative estimate of drug-likeness (QED) is 0.792. The molecule has 4 heteroatoms. The maximum absolute atomic E-state index is 9.91. The fraction of sp³-hybridized carbons (Fsp3) is 0.294. The number of nitrogens with one attached hydrogen (secondary N) is 1. The number of hydrogen-bond donors (Lipinski definition) is 2. The lowest BCUT2D eigenvalue weighted by Crippen LogP contribution is -2.36. The molecule has 0 heterocycles. The zero-order chi connectivity index (χ0) is 15.6. The van der Waals surface area contributed by atoms with Gasteiger partial charge in [-0.3, -0.25) is 0 Å². The maximum Gasteiger partial charge on any atom is 0.0828 e. The van der Waals surface area contributed by atoms with Crippen molar-refractivity contribution in [2.75, 3.05) is 11.9 Å². The zero-order valence-corrected chi connectivity index (χ0v) is 14.7. The van der Waals surface area contributed by atoms with Crippen molar-refractivity contribution in [1.82, 2.24) is 0 Å². The lowest BCUT2D eigenvalue weighted by molar-refractivity contribution is 0.224. The van der Waals surface area contributed by atoms with Crippen LogP contribution in [0.2, 0.25) is 5.02 Å². The van der Waals surface area contributed by atoms with Crippen LogP contribution in [0.25, 0.3) is 0 Å². The average molecular weight is 369 g/mol. The second-order valence-corrected chi connectivity index (χ2v) is 6.88. The summed E-state index contributed by atoms with van der Waals surface area (Å²) in [6.07, 6.45) is 0. The summed E-state index contributed by atoms with van der Waals surface area (Å²) < 4.78 is 0.829. The van der Waals surface area contributed by atoms with E-state index in [1.54, 1.807) is 0 Å². The predicted molar refractivity (Wildman–Crippen MR) is 93.1 cm³/mol. The van der Waals surface area contributed by atoms with Crippen molar-refractivity contribution in [1.29, 1.82) is 0 Å². The molecule has 1 atom stereocenters. The highest BCUT2D eigenvalue weighted by molar-refractivity contribution is 9.10. The van der Waals surface area contributed by atoms with Crippen LogP contribution < -0.4 is 5.32 Å². The van der Waals surface area contributed by atoms with Crippen LogP contribution in [0.5, 0.6) is 0 Å². The summed E-state index contributed by atoms with van der Waals surface area (Å²) in [5.74, 6) is 0. The standard InChI is InChI=1S/C17H19BrClNO/c1-11-6-12(2)8-13(7-11)17(3,10-21)20-14-4-5-16(19)15(18)9-14/h4-9,20-21H,10H2,1-3H3. The fourth-order valence-corrected chi connectivity index (χ4v) is 2.89. The molecule has 112 valence electrons. The van der Waals surface area contributed by atoms with Gasteiger partial charge in [0.1, 0.15) is 0 Å². The van der Waals surface area contributed by atoms with Gasteiger partial charge in [-0.25, -0.2) is 0 Å².